The lowest BCUT2D eigenvalue weighted by Gasteiger charge is -2.25. The molecule has 1 heterocycles. The molecule has 0 saturated heterocycles. The van der Waals surface area contributed by atoms with Gasteiger partial charge in [0.2, 0.25) is 0 Å². The summed E-state index contributed by atoms with van der Waals surface area (Å²) in [4.78, 5) is 25.6. The summed E-state index contributed by atoms with van der Waals surface area (Å²) in [6.45, 7) is 0.537. The Balaban J connectivity index is 3.18. The number of aliphatic hydroxyl groups is 3. The van der Waals surface area contributed by atoms with E-state index >= 15 is 0 Å². The monoisotopic (exact) mass is 315 g/mol. The van der Waals surface area contributed by atoms with Crippen LogP contribution in [0.25, 0.3) is 6.08 Å². The van der Waals surface area contributed by atoms with Crippen molar-refractivity contribution in [1.29, 1.82) is 0 Å². The Bertz CT molecular complexity index is 607. The van der Waals surface area contributed by atoms with E-state index in [1.807, 2.05) is 0 Å². The zero-order valence-corrected chi connectivity index (χ0v) is 12.2. The molecule has 6 N–H and O–H groups in total. The minimum atomic E-state index is -1.17. The molecule has 124 valence electrons. The molecule has 0 spiro atoms. The van der Waals surface area contributed by atoms with E-state index in [9.17, 15) is 19.8 Å². The number of nitrogens with zero attached hydrogens (tertiary/aromatic N) is 1. The number of aliphatic hydroxyl groups excluding tert-OH is 3. The van der Waals surface area contributed by atoms with Crippen LogP contribution in [0.2, 0.25) is 0 Å². The Morgan fingerprint density at radius 2 is 2.09 bits per heavy atom. The van der Waals surface area contributed by atoms with E-state index in [0.29, 0.717) is 0 Å². The van der Waals surface area contributed by atoms with Crippen molar-refractivity contribution in [2.45, 2.75) is 25.4 Å². The first kappa shape index (κ1) is 18.3. The van der Waals surface area contributed by atoms with Crippen molar-refractivity contribution in [1.82, 2.24) is 9.55 Å². The van der Waals surface area contributed by atoms with Crippen LogP contribution in [-0.2, 0) is 4.74 Å². The molecule has 22 heavy (non-hydrogen) atoms. The third-order valence-corrected chi connectivity index (χ3v) is 2.95. The second-order valence-electron chi connectivity index (χ2n) is 4.62. The third-order valence-electron chi connectivity index (χ3n) is 2.95. The summed E-state index contributed by atoms with van der Waals surface area (Å²) in [7, 11) is 0. The Labute approximate surface area is 126 Å². The maximum absolute atomic E-state index is 11.8. The molecule has 0 aromatic carbocycles. The summed E-state index contributed by atoms with van der Waals surface area (Å²) < 4.78 is 6.29. The summed E-state index contributed by atoms with van der Waals surface area (Å²) in [6, 6.07) is 0. The van der Waals surface area contributed by atoms with Gasteiger partial charge in [-0.1, -0.05) is 12.2 Å². The molecule has 0 aliphatic rings. The van der Waals surface area contributed by atoms with Gasteiger partial charge < -0.3 is 25.8 Å². The van der Waals surface area contributed by atoms with Crippen molar-refractivity contribution in [3.63, 3.8) is 0 Å². The highest BCUT2D eigenvalue weighted by molar-refractivity contribution is 5.46. The van der Waals surface area contributed by atoms with Gasteiger partial charge in [-0.2, -0.15) is 0 Å². The quantitative estimate of drug-likeness (QED) is 0.364. The van der Waals surface area contributed by atoms with Crippen molar-refractivity contribution in [3.8, 4) is 0 Å². The highest BCUT2D eigenvalue weighted by Crippen LogP contribution is 2.11. The highest BCUT2D eigenvalue weighted by atomic mass is 16.5. The van der Waals surface area contributed by atoms with Gasteiger partial charge >= 0.3 is 5.69 Å². The topological polar surface area (TPSA) is 151 Å². The first-order chi connectivity index (χ1) is 10.4. The van der Waals surface area contributed by atoms with Crippen LogP contribution in [0.15, 0.2) is 21.9 Å². The van der Waals surface area contributed by atoms with E-state index < -0.39 is 42.9 Å². The van der Waals surface area contributed by atoms with Gasteiger partial charge in [0, 0.05) is 12.7 Å². The third kappa shape index (κ3) is 4.61. The van der Waals surface area contributed by atoms with Gasteiger partial charge in [0.05, 0.1) is 24.9 Å². The van der Waals surface area contributed by atoms with Gasteiger partial charge in [-0.05, 0) is 6.92 Å². The molecule has 3 atom stereocenters. The number of ether oxygens (including phenoxy) is 1. The molecule has 1 rings (SSSR count). The highest BCUT2D eigenvalue weighted by Gasteiger charge is 2.22. The zero-order chi connectivity index (χ0) is 16.7. The van der Waals surface area contributed by atoms with Gasteiger partial charge in [0.1, 0.15) is 6.10 Å². The number of hydrogen-bond donors (Lipinski definition) is 5. The van der Waals surface area contributed by atoms with Crippen molar-refractivity contribution < 1.29 is 20.1 Å². The smallest absolute Gasteiger partial charge is 0.330 e. The standard InChI is InChI=1S/C13H21N3O6/c1-8(19)10(6-17)22-11(7-18)16-5-9(3-2-4-14)12(20)15-13(16)21/h2-3,5,8,10-11,17-19H,4,6-7,14H2,1H3,(H,15,20,21)/b3-2+/t8-,10-,11-/m1/s1. The molecule has 0 saturated carbocycles. The minimum Gasteiger partial charge on any atom is -0.394 e. The van der Waals surface area contributed by atoms with Crippen LogP contribution >= 0.6 is 0 Å². The molecule has 0 amide bonds. The van der Waals surface area contributed by atoms with E-state index in [2.05, 4.69) is 4.98 Å². The first-order valence-electron chi connectivity index (χ1n) is 6.71. The fraction of sp³-hybridized carbons (Fsp3) is 0.538. The van der Waals surface area contributed by atoms with Crippen LogP contribution in [0.5, 0.6) is 0 Å². The van der Waals surface area contributed by atoms with Gasteiger partial charge in [0.25, 0.3) is 5.56 Å². The van der Waals surface area contributed by atoms with E-state index in [1.165, 1.54) is 25.3 Å². The van der Waals surface area contributed by atoms with E-state index in [0.717, 1.165) is 4.57 Å². The molecular formula is C13H21N3O6. The van der Waals surface area contributed by atoms with Gasteiger partial charge in [-0.25, -0.2) is 4.79 Å². The summed E-state index contributed by atoms with van der Waals surface area (Å²) in [6.07, 6.45) is 1.02. The molecule has 1 aromatic rings. The average Bonchev–Trinajstić information content (AvgIpc) is 2.48. The van der Waals surface area contributed by atoms with Crippen LogP contribution in [-0.4, -0.2) is 56.8 Å². The van der Waals surface area contributed by atoms with Crippen molar-refractivity contribution in [2.75, 3.05) is 19.8 Å². The molecule has 9 heteroatoms. The van der Waals surface area contributed by atoms with E-state index in [4.69, 9.17) is 15.6 Å². The van der Waals surface area contributed by atoms with Crippen LogP contribution < -0.4 is 17.0 Å². The maximum atomic E-state index is 11.8. The van der Waals surface area contributed by atoms with Crippen molar-refractivity contribution in [3.05, 3.63) is 38.7 Å². The molecule has 9 nitrogen and oxygen atoms in total. The second kappa shape index (κ2) is 8.61. The Morgan fingerprint density at radius 1 is 1.41 bits per heavy atom. The number of aromatic amines is 1. The molecule has 0 aliphatic heterocycles. The molecule has 1 aromatic heterocycles. The summed E-state index contributed by atoms with van der Waals surface area (Å²) in [5.74, 6) is 0. The molecular weight excluding hydrogens is 294 g/mol. The van der Waals surface area contributed by atoms with Gasteiger partial charge in [0.15, 0.2) is 6.23 Å². The number of hydrogen-bond acceptors (Lipinski definition) is 7. The molecule has 0 bridgehead atoms. The first-order valence-corrected chi connectivity index (χ1v) is 6.71. The van der Waals surface area contributed by atoms with Crippen LogP contribution in [0.1, 0.15) is 18.7 Å². The second-order valence-corrected chi connectivity index (χ2v) is 4.62. The Morgan fingerprint density at radius 3 is 2.59 bits per heavy atom. The lowest BCUT2D eigenvalue weighted by atomic mass is 10.2. The Hall–Kier alpha value is -1.78. The summed E-state index contributed by atoms with van der Waals surface area (Å²) >= 11 is 0. The predicted octanol–water partition coefficient (Wildman–Crippen LogP) is -2.24. The normalized spacial score (nSPS) is 15.9. The lowest BCUT2D eigenvalue weighted by Crippen LogP contribution is -2.40. The fourth-order valence-electron chi connectivity index (χ4n) is 1.74. The molecule has 0 radical (unpaired) electrons. The number of aromatic nitrogens is 2. The van der Waals surface area contributed by atoms with Gasteiger partial charge in [-0.3, -0.25) is 14.3 Å². The predicted molar refractivity (Wildman–Crippen MR) is 79.2 cm³/mol. The summed E-state index contributed by atoms with van der Waals surface area (Å²) in [5, 5.41) is 28.0. The van der Waals surface area contributed by atoms with Gasteiger partial charge in [-0.15, -0.1) is 0 Å². The van der Waals surface area contributed by atoms with Crippen molar-refractivity contribution >= 4 is 6.08 Å². The van der Waals surface area contributed by atoms with Crippen LogP contribution in [0, 0.1) is 0 Å². The van der Waals surface area contributed by atoms with Crippen LogP contribution in [0.4, 0.5) is 0 Å². The molecule has 0 fully saturated rings. The zero-order valence-electron chi connectivity index (χ0n) is 12.2. The molecule has 0 aliphatic carbocycles. The van der Waals surface area contributed by atoms with Crippen LogP contribution in [0.3, 0.4) is 0 Å². The molecule has 0 unspecified atom stereocenters. The SMILES string of the molecule is C[C@@H](O)[C@@H](CO)O[C@H](CO)n1cc(/C=C/CN)c(=O)[nH]c1=O. The summed E-state index contributed by atoms with van der Waals surface area (Å²) in [5.41, 5.74) is 4.09. The maximum Gasteiger partial charge on any atom is 0.330 e. The van der Waals surface area contributed by atoms with Crippen molar-refractivity contribution in [2.24, 2.45) is 5.73 Å². The Kier molecular flexibility index (Phi) is 7.15. The number of nitrogens with one attached hydrogen (secondary N) is 1. The van der Waals surface area contributed by atoms with E-state index in [1.54, 1.807) is 0 Å². The lowest BCUT2D eigenvalue weighted by molar-refractivity contribution is -0.134. The number of H-pyrrole nitrogens is 1. The number of rotatable bonds is 8. The minimum absolute atomic E-state index is 0.157. The van der Waals surface area contributed by atoms with E-state index in [-0.39, 0.29) is 12.1 Å². The fourth-order valence-corrected chi connectivity index (χ4v) is 1.74. The average molecular weight is 315 g/mol. The largest absolute Gasteiger partial charge is 0.394 e. The number of nitrogens with two attached hydrogens (primary N) is 1.